The molecule has 0 saturated carbocycles. The summed E-state index contributed by atoms with van der Waals surface area (Å²) in [4.78, 5) is 40.3. The van der Waals surface area contributed by atoms with Gasteiger partial charge in [-0.1, -0.05) is 72.8 Å². The lowest BCUT2D eigenvalue weighted by Crippen LogP contribution is -2.59. The fourth-order valence-electron chi connectivity index (χ4n) is 4.71. The Morgan fingerprint density at radius 2 is 1.50 bits per heavy atom. The quantitative estimate of drug-likeness (QED) is 0.219. The molecular formula is C32H43N3O5. The first-order valence-electron chi connectivity index (χ1n) is 13.8. The number of benzene rings is 2. The van der Waals surface area contributed by atoms with Gasteiger partial charge in [-0.25, -0.2) is 0 Å². The number of nitrogens with one attached hydrogen (secondary N) is 3. The third-order valence-electron chi connectivity index (χ3n) is 6.99. The van der Waals surface area contributed by atoms with Gasteiger partial charge in [-0.05, 0) is 58.1 Å². The summed E-state index contributed by atoms with van der Waals surface area (Å²) >= 11 is 0. The fraction of sp³-hybridized carbons (Fsp3) is 0.469. The first-order chi connectivity index (χ1) is 19.1. The zero-order chi connectivity index (χ0) is 29.2. The Morgan fingerprint density at radius 1 is 0.950 bits per heavy atom. The van der Waals surface area contributed by atoms with E-state index in [0.717, 1.165) is 11.1 Å². The zero-order valence-electron chi connectivity index (χ0n) is 24.2. The second kappa shape index (κ2) is 14.3. The normalized spacial score (nSPS) is 19.0. The van der Waals surface area contributed by atoms with Crippen LogP contribution in [0, 0.1) is 0 Å². The third kappa shape index (κ3) is 9.40. The average Bonchev–Trinajstić information content (AvgIpc) is 3.69. The molecule has 216 valence electrons. The van der Waals surface area contributed by atoms with Crippen molar-refractivity contribution in [2.45, 2.75) is 76.2 Å². The standard InChI is InChI=1S/C32H43N3O5/c1-6-19-31(2,3)35-25(18-17-23-13-9-7-10-14-23)29(37)34-27(21-39-5)30(38)33-26(28(36)32(4)22-40-32)20-24-15-11-8-12-16-24/h6-16,19,25-27,35H,17-18,20-22H2,1-5H3,(H,33,38)(H,34,37)/b19-6-/t25-,26-,27-,32+/m0/s1. The summed E-state index contributed by atoms with van der Waals surface area (Å²) in [6, 6.07) is 17.1. The Labute approximate surface area is 237 Å². The minimum absolute atomic E-state index is 0.0404. The Bertz CT molecular complexity index is 1150. The second-order valence-corrected chi connectivity index (χ2v) is 11.1. The number of carbonyl (C=O) groups is 3. The van der Waals surface area contributed by atoms with Crippen LogP contribution >= 0.6 is 0 Å². The van der Waals surface area contributed by atoms with Gasteiger partial charge < -0.3 is 20.1 Å². The van der Waals surface area contributed by atoms with E-state index in [1.807, 2.05) is 93.6 Å². The number of carbonyl (C=O) groups excluding carboxylic acids is 3. The molecular weight excluding hydrogens is 506 g/mol. The molecule has 2 aromatic rings. The van der Waals surface area contributed by atoms with Crippen LogP contribution < -0.4 is 16.0 Å². The SMILES string of the molecule is C/C=C\C(C)(C)N[C@@H](CCc1ccccc1)C(=O)N[C@@H](COC)C(=O)N[C@@H](Cc1ccccc1)C(=O)[C@@]1(C)CO1. The summed E-state index contributed by atoms with van der Waals surface area (Å²) < 4.78 is 10.7. The van der Waals surface area contributed by atoms with Gasteiger partial charge in [0.15, 0.2) is 5.78 Å². The number of epoxide rings is 1. The minimum atomic E-state index is -0.984. The van der Waals surface area contributed by atoms with Crippen molar-refractivity contribution < 1.29 is 23.9 Å². The summed E-state index contributed by atoms with van der Waals surface area (Å²) in [7, 11) is 1.47. The van der Waals surface area contributed by atoms with Crippen molar-refractivity contribution in [1.29, 1.82) is 0 Å². The highest BCUT2D eigenvalue weighted by atomic mass is 16.6. The van der Waals surface area contributed by atoms with Gasteiger partial charge in [0, 0.05) is 12.6 Å². The van der Waals surface area contributed by atoms with E-state index in [0.29, 0.717) is 25.9 Å². The van der Waals surface area contributed by atoms with Gasteiger partial charge >= 0.3 is 0 Å². The molecule has 2 amide bonds. The van der Waals surface area contributed by atoms with Crippen LogP contribution in [0.5, 0.6) is 0 Å². The van der Waals surface area contributed by atoms with Crippen molar-refractivity contribution >= 4 is 17.6 Å². The van der Waals surface area contributed by atoms with Gasteiger partial charge in [-0.15, -0.1) is 0 Å². The topological polar surface area (TPSA) is 109 Å². The second-order valence-electron chi connectivity index (χ2n) is 11.1. The summed E-state index contributed by atoms with van der Waals surface area (Å²) in [5.41, 5.74) is 0.681. The van der Waals surface area contributed by atoms with Gasteiger partial charge in [0.05, 0.1) is 25.3 Å². The Morgan fingerprint density at radius 3 is 2.05 bits per heavy atom. The van der Waals surface area contributed by atoms with Crippen LogP contribution in [-0.2, 0) is 36.7 Å². The van der Waals surface area contributed by atoms with Gasteiger partial charge in [-0.2, -0.15) is 0 Å². The number of ketones is 1. The summed E-state index contributed by atoms with van der Waals surface area (Å²) in [6.07, 6.45) is 5.47. The predicted octanol–water partition coefficient (Wildman–Crippen LogP) is 3.15. The van der Waals surface area contributed by atoms with Crippen molar-refractivity contribution in [2.24, 2.45) is 0 Å². The van der Waals surface area contributed by atoms with Crippen LogP contribution in [0.3, 0.4) is 0 Å². The first-order valence-corrected chi connectivity index (χ1v) is 13.8. The number of Topliss-reactive ketones (excluding diaryl/α,β-unsaturated/α-hetero) is 1. The highest BCUT2D eigenvalue weighted by Gasteiger charge is 2.50. The molecule has 1 aliphatic rings. The molecule has 8 heteroatoms. The lowest BCUT2D eigenvalue weighted by Gasteiger charge is -2.30. The molecule has 0 bridgehead atoms. The minimum Gasteiger partial charge on any atom is -0.382 e. The van der Waals surface area contributed by atoms with Crippen molar-refractivity contribution in [1.82, 2.24) is 16.0 Å². The molecule has 8 nitrogen and oxygen atoms in total. The number of allylic oxidation sites excluding steroid dienone is 1. The van der Waals surface area contributed by atoms with Gasteiger partial charge in [0.1, 0.15) is 11.6 Å². The summed E-state index contributed by atoms with van der Waals surface area (Å²) in [5.74, 6) is -0.986. The summed E-state index contributed by atoms with van der Waals surface area (Å²) in [5, 5.41) is 9.18. The molecule has 1 heterocycles. The molecule has 1 saturated heterocycles. The highest BCUT2D eigenvalue weighted by Crippen LogP contribution is 2.29. The van der Waals surface area contributed by atoms with Crippen LogP contribution in [0.15, 0.2) is 72.8 Å². The molecule has 0 aliphatic carbocycles. The largest absolute Gasteiger partial charge is 0.382 e. The van der Waals surface area contributed by atoms with Crippen molar-refractivity contribution in [3.8, 4) is 0 Å². The molecule has 0 unspecified atom stereocenters. The van der Waals surface area contributed by atoms with E-state index in [-0.39, 0.29) is 18.3 Å². The third-order valence-corrected chi connectivity index (χ3v) is 6.99. The van der Waals surface area contributed by atoms with E-state index in [4.69, 9.17) is 9.47 Å². The number of ether oxygens (including phenoxy) is 2. The Balaban J connectivity index is 1.75. The maximum atomic E-state index is 13.6. The van der Waals surface area contributed by atoms with Crippen molar-refractivity contribution in [3.05, 3.63) is 83.9 Å². The lowest BCUT2D eigenvalue weighted by atomic mass is 9.94. The molecule has 2 aromatic carbocycles. The number of aryl methyl sites for hydroxylation is 1. The molecule has 40 heavy (non-hydrogen) atoms. The number of amides is 2. The number of hydrogen-bond donors (Lipinski definition) is 3. The lowest BCUT2D eigenvalue weighted by molar-refractivity contribution is -0.134. The van der Waals surface area contributed by atoms with Crippen molar-refractivity contribution in [3.63, 3.8) is 0 Å². The monoisotopic (exact) mass is 549 g/mol. The Kier molecular flexibility index (Phi) is 11.2. The molecule has 1 aliphatic heterocycles. The predicted molar refractivity (Wildman–Crippen MR) is 156 cm³/mol. The molecule has 0 radical (unpaired) electrons. The number of methoxy groups -OCH3 is 1. The molecule has 0 spiro atoms. The van der Waals surface area contributed by atoms with Gasteiger partial charge in [-0.3, -0.25) is 19.7 Å². The Hall–Kier alpha value is -3.33. The van der Waals surface area contributed by atoms with E-state index >= 15 is 0 Å². The van der Waals surface area contributed by atoms with Gasteiger partial charge in [0.2, 0.25) is 11.8 Å². The van der Waals surface area contributed by atoms with E-state index in [9.17, 15) is 14.4 Å². The highest BCUT2D eigenvalue weighted by molar-refractivity contribution is 5.98. The van der Waals surface area contributed by atoms with E-state index in [1.54, 1.807) is 6.92 Å². The first kappa shape index (κ1) is 31.2. The molecule has 1 fully saturated rings. The molecule has 3 N–H and O–H groups in total. The summed E-state index contributed by atoms with van der Waals surface area (Å²) in [6.45, 7) is 7.93. The van der Waals surface area contributed by atoms with E-state index < -0.39 is 35.2 Å². The maximum Gasteiger partial charge on any atom is 0.245 e. The zero-order valence-corrected chi connectivity index (χ0v) is 24.2. The van der Waals surface area contributed by atoms with Gasteiger partial charge in [0.25, 0.3) is 0 Å². The van der Waals surface area contributed by atoms with Crippen LogP contribution in [0.2, 0.25) is 0 Å². The molecule has 3 rings (SSSR count). The van der Waals surface area contributed by atoms with Crippen molar-refractivity contribution in [2.75, 3.05) is 20.3 Å². The van der Waals surface area contributed by atoms with Crippen LogP contribution in [0.1, 0.15) is 45.2 Å². The van der Waals surface area contributed by atoms with E-state index in [1.165, 1.54) is 7.11 Å². The molecule has 0 aromatic heterocycles. The van der Waals surface area contributed by atoms with Crippen LogP contribution in [-0.4, -0.2) is 67.2 Å². The molecule has 4 atom stereocenters. The number of rotatable bonds is 16. The average molecular weight is 550 g/mol. The van der Waals surface area contributed by atoms with Crippen LogP contribution in [0.4, 0.5) is 0 Å². The maximum absolute atomic E-state index is 13.6. The smallest absolute Gasteiger partial charge is 0.245 e. The number of hydrogen-bond acceptors (Lipinski definition) is 6. The fourth-order valence-corrected chi connectivity index (χ4v) is 4.71. The van der Waals surface area contributed by atoms with Crippen LogP contribution in [0.25, 0.3) is 0 Å². The van der Waals surface area contributed by atoms with E-state index in [2.05, 4.69) is 16.0 Å².